The van der Waals surface area contributed by atoms with E-state index >= 15 is 0 Å². The summed E-state index contributed by atoms with van der Waals surface area (Å²) in [6.45, 7) is 3.35. The Morgan fingerprint density at radius 1 is 0.846 bits per heavy atom. The van der Waals surface area contributed by atoms with Crippen LogP contribution >= 0.6 is 0 Å². The number of hydrogen-bond donors (Lipinski definition) is 3. The van der Waals surface area contributed by atoms with E-state index in [0.29, 0.717) is 36.3 Å². The first-order valence-electron chi connectivity index (χ1n) is 12.0. The monoisotopic (exact) mass is 545 g/mol. The smallest absolute Gasteiger partial charge is 0.418 e. The second kappa shape index (κ2) is 11.5. The third-order valence-electron chi connectivity index (χ3n) is 6.19. The number of halogens is 4. The van der Waals surface area contributed by atoms with Crippen LogP contribution in [0.4, 0.5) is 49.9 Å². The van der Waals surface area contributed by atoms with Gasteiger partial charge in [0.05, 0.1) is 24.0 Å². The van der Waals surface area contributed by atoms with Gasteiger partial charge < -0.3 is 30.5 Å². The highest BCUT2D eigenvalue weighted by Crippen LogP contribution is 2.35. The number of urea groups is 2. The Hall–Kier alpha value is -4.48. The molecular formula is C27H27F4N5O3. The molecule has 8 nitrogen and oxygen atoms in total. The van der Waals surface area contributed by atoms with Crippen molar-refractivity contribution in [3.63, 3.8) is 0 Å². The molecule has 0 spiro atoms. The Kier molecular flexibility index (Phi) is 8.12. The summed E-state index contributed by atoms with van der Waals surface area (Å²) in [4.78, 5) is 28.5. The van der Waals surface area contributed by atoms with Crippen molar-refractivity contribution in [1.29, 1.82) is 0 Å². The lowest BCUT2D eigenvalue weighted by atomic mass is 10.1. The molecule has 1 saturated heterocycles. The van der Waals surface area contributed by atoms with Crippen LogP contribution < -0.4 is 25.6 Å². The molecule has 4 rings (SSSR count). The highest BCUT2D eigenvalue weighted by Gasteiger charge is 2.35. The van der Waals surface area contributed by atoms with E-state index in [1.165, 1.54) is 12.0 Å². The lowest BCUT2D eigenvalue weighted by molar-refractivity contribution is -0.137. The lowest BCUT2D eigenvalue weighted by Crippen LogP contribution is -2.50. The zero-order valence-corrected chi connectivity index (χ0v) is 21.2. The van der Waals surface area contributed by atoms with Crippen molar-refractivity contribution in [2.75, 3.05) is 54.1 Å². The number of carbonyl (C=O) groups is 2. The first kappa shape index (κ1) is 27.6. The Bertz CT molecular complexity index is 1340. The van der Waals surface area contributed by atoms with Gasteiger partial charge in [-0.2, -0.15) is 13.2 Å². The molecule has 0 radical (unpaired) electrons. The molecule has 0 bridgehead atoms. The quantitative estimate of drug-likeness (QED) is 0.335. The number of benzene rings is 3. The summed E-state index contributed by atoms with van der Waals surface area (Å²) in [6, 6.07) is 13.6. The minimum Gasteiger partial charge on any atom is -0.495 e. The van der Waals surface area contributed by atoms with Crippen LogP contribution in [0, 0.1) is 12.7 Å². The summed E-state index contributed by atoms with van der Waals surface area (Å²) in [5.41, 5.74) is 1.20. The molecule has 1 heterocycles. The third-order valence-corrected chi connectivity index (χ3v) is 6.19. The summed E-state index contributed by atoms with van der Waals surface area (Å²) in [5, 5.41) is 7.78. The second-order valence-corrected chi connectivity index (χ2v) is 8.92. The molecular weight excluding hydrogens is 518 g/mol. The number of nitrogens with one attached hydrogen (secondary N) is 3. The number of rotatable bonds is 5. The molecule has 39 heavy (non-hydrogen) atoms. The third kappa shape index (κ3) is 6.89. The van der Waals surface area contributed by atoms with Crippen LogP contribution in [0.3, 0.4) is 0 Å². The normalized spacial score (nSPS) is 13.6. The average molecular weight is 546 g/mol. The number of hydrogen-bond acceptors (Lipinski definition) is 4. The molecule has 4 amide bonds. The van der Waals surface area contributed by atoms with Gasteiger partial charge in [-0.25, -0.2) is 14.0 Å². The predicted octanol–water partition coefficient (Wildman–Crippen LogP) is 6.16. The van der Waals surface area contributed by atoms with E-state index in [-0.39, 0.29) is 13.1 Å². The fourth-order valence-electron chi connectivity index (χ4n) is 4.18. The molecule has 0 unspecified atom stereocenters. The van der Waals surface area contributed by atoms with Gasteiger partial charge in [0.15, 0.2) is 0 Å². The fraction of sp³-hybridized carbons (Fsp3) is 0.259. The molecule has 3 aromatic rings. The number of amides is 4. The van der Waals surface area contributed by atoms with Gasteiger partial charge in [0.1, 0.15) is 11.6 Å². The Balaban J connectivity index is 1.31. The number of carbonyl (C=O) groups excluding carboxylic acids is 2. The van der Waals surface area contributed by atoms with Gasteiger partial charge in [0.2, 0.25) is 0 Å². The summed E-state index contributed by atoms with van der Waals surface area (Å²) in [6.07, 6.45) is -4.81. The number of anilines is 4. The van der Waals surface area contributed by atoms with Crippen molar-refractivity contribution in [2.45, 2.75) is 13.1 Å². The zero-order valence-electron chi connectivity index (χ0n) is 21.2. The Morgan fingerprint density at radius 2 is 1.54 bits per heavy atom. The van der Waals surface area contributed by atoms with Crippen LogP contribution in [0.1, 0.15) is 11.1 Å². The van der Waals surface area contributed by atoms with Gasteiger partial charge in [-0.1, -0.05) is 6.07 Å². The first-order valence-corrected chi connectivity index (χ1v) is 12.0. The lowest BCUT2D eigenvalue weighted by Gasteiger charge is -2.36. The van der Waals surface area contributed by atoms with Crippen LogP contribution in [-0.2, 0) is 6.18 Å². The topological polar surface area (TPSA) is 85.9 Å². The zero-order chi connectivity index (χ0) is 28.2. The van der Waals surface area contributed by atoms with Crippen molar-refractivity contribution in [3.8, 4) is 5.75 Å². The van der Waals surface area contributed by atoms with Gasteiger partial charge in [-0.15, -0.1) is 0 Å². The van der Waals surface area contributed by atoms with E-state index in [1.54, 1.807) is 24.3 Å². The molecule has 1 fully saturated rings. The van der Waals surface area contributed by atoms with Crippen molar-refractivity contribution < 1.29 is 31.9 Å². The van der Waals surface area contributed by atoms with E-state index in [0.717, 1.165) is 23.4 Å². The van der Waals surface area contributed by atoms with E-state index < -0.39 is 35.3 Å². The van der Waals surface area contributed by atoms with Crippen LogP contribution in [0.25, 0.3) is 0 Å². The molecule has 206 valence electrons. The minimum atomic E-state index is -4.81. The Labute approximate surface area is 222 Å². The molecule has 1 aliphatic heterocycles. The van der Waals surface area contributed by atoms with Crippen molar-refractivity contribution in [1.82, 2.24) is 4.90 Å². The van der Waals surface area contributed by atoms with Crippen LogP contribution in [-0.4, -0.2) is 50.3 Å². The number of alkyl halides is 3. The number of methoxy groups -OCH3 is 1. The highest BCUT2D eigenvalue weighted by atomic mass is 19.4. The number of ether oxygens (including phenoxy) is 1. The number of piperazine rings is 1. The molecule has 0 aliphatic carbocycles. The van der Waals surface area contributed by atoms with Crippen LogP contribution in [0.5, 0.6) is 5.75 Å². The van der Waals surface area contributed by atoms with E-state index in [2.05, 4.69) is 16.0 Å². The number of aryl methyl sites for hydroxylation is 1. The van der Waals surface area contributed by atoms with Gasteiger partial charge in [-0.3, -0.25) is 0 Å². The first-order chi connectivity index (χ1) is 18.5. The van der Waals surface area contributed by atoms with Gasteiger partial charge >= 0.3 is 18.2 Å². The van der Waals surface area contributed by atoms with E-state index in [1.807, 2.05) is 30.0 Å². The van der Waals surface area contributed by atoms with Gasteiger partial charge in [0, 0.05) is 37.6 Å². The molecule has 1 aliphatic rings. The summed E-state index contributed by atoms with van der Waals surface area (Å²) in [5.74, 6) is -0.500. The maximum atomic E-state index is 13.3. The molecule has 12 heteroatoms. The largest absolute Gasteiger partial charge is 0.495 e. The van der Waals surface area contributed by atoms with Crippen molar-refractivity contribution in [2.24, 2.45) is 0 Å². The minimum absolute atomic E-state index is 0.273. The predicted molar refractivity (Wildman–Crippen MR) is 141 cm³/mol. The fourth-order valence-corrected chi connectivity index (χ4v) is 4.18. The summed E-state index contributed by atoms with van der Waals surface area (Å²) < 4.78 is 58.3. The summed E-state index contributed by atoms with van der Waals surface area (Å²) in [7, 11) is 1.52. The molecule has 3 aromatic carbocycles. The van der Waals surface area contributed by atoms with E-state index in [4.69, 9.17) is 4.74 Å². The highest BCUT2D eigenvalue weighted by molar-refractivity contribution is 6.00. The number of nitrogens with zero attached hydrogens (tertiary/aromatic N) is 2. The molecule has 0 atom stereocenters. The Morgan fingerprint density at radius 3 is 2.18 bits per heavy atom. The second-order valence-electron chi connectivity index (χ2n) is 8.92. The van der Waals surface area contributed by atoms with Crippen molar-refractivity contribution in [3.05, 3.63) is 77.6 Å². The van der Waals surface area contributed by atoms with E-state index in [9.17, 15) is 27.2 Å². The molecule has 3 N–H and O–H groups in total. The summed E-state index contributed by atoms with van der Waals surface area (Å²) >= 11 is 0. The van der Waals surface area contributed by atoms with Crippen molar-refractivity contribution >= 4 is 34.8 Å². The van der Waals surface area contributed by atoms with Gasteiger partial charge in [0.25, 0.3) is 0 Å². The van der Waals surface area contributed by atoms with Crippen LogP contribution in [0.2, 0.25) is 0 Å². The standard InChI is InChI=1S/C27H27F4N5O3/c1-17-3-10-24(39-2)23(15-17)33-25(37)32-19-5-7-20(8-6-19)35-11-13-36(14-12-35)26(38)34-22-9-4-18(28)16-21(22)27(29,30)31/h3-10,15-16H,11-14H2,1-2H3,(H,34,38)(H2,32,33,37). The molecule has 0 aromatic heterocycles. The average Bonchev–Trinajstić information content (AvgIpc) is 2.90. The maximum Gasteiger partial charge on any atom is 0.418 e. The van der Waals surface area contributed by atoms with Crippen LogP contribution in [0.15, 0.2) is 60.7 Å². The van der Waals surface area contributed by atoms with Gasteiger partial charge in [-0.05, 0) is 67.1 Å². The maximum absolute atomic E-state index is 13.3. The SMILES string of the molecule is COc1ccc(C)cc1NC(=O)Nc1ccc(N2CCN(C(=O)Nc3ccc(F)cc3C(F)(F)F)CC2)cc1. The molecule has 0 saturated carbocycles.